The van der Waals surface area contributed by atoms with E-state index in [2.05, 4.69) is 11.9 Å². The summed E-state index contributed by atoms with van der Waals surface area (Å²) in [6.07, 6.45) is 8.15. The normalized spacial score (nSPS) is 32.0. The average Bonchev–Trinajstić information content (AvgIpc) is 2.60. The number of nitro benzene ring substituents is 1. The Hall–Kier alpha value is -1.95. The maximum Gasteiger partial charge on any atom is 0.338 e. The van der Waals surface area contributed by atoms with E-state index in [-0.39, 0.29) is 5.69 Å². The largest absolute Gasteiger partial charge is 0.461 e. The van der Waals surface area contributed by atoms with Gasteiger partial charge in [0.1, 0.15) is 6.61 Å². The first-order valence-electron chi connectivity index (χ1n) is 9.58. The maximum atomic E-state index is 12.1. The Balaban J connectivity index is 1.30. The molecule has 26 heavy (non-hydrogen) atoms. The fraction of sp³-hybridized carbons (Fsp3) is 0.650. The van der Waals surface area contributed by atoms with E-state index in [9.17, 15) is 14.9 Å². The third-order valence-corrected chi connectivity index (χ3v) is 6.79. The van der Waals surface area contributed by atoms with Crippen LogP contribution in [-0.2, 0) is 4.74 Å². The van der Waals surface area contributed by atoms with Gasteiger partial charge in [0.25, 0.3) is 5.69 Å². The van der Waals surface area contributed by atoms with E-state index in [1.807, 2.05) is 0 Å². The van der Waals surface area contributed by atoms with Gasteiger partial charge in [-0.1, -0.05) is 0 Å². The second kappa shape index (κ2) is 6.65. The van der Waals surface area contributed by atoms with Gasteiger partial charge >= 0.3 is 5.97 Å². The lowest BCUT2D eigenvalue weighted by Gasteiger charge is -2.60. The average molecular weight is 358 g/mol. The lowest BCUT2D eigenvalue weighted by Crippen LogP contribution is -2.59. The molecule has 0 aliphatic heterocycles. The van der Waals surface area contributed by atoms with E-state index < -0.39 is 10.9 Å². The van der Waals surface area contributed by atoms with Crippen molar-refractivity contribution in [3.8, 4) is 0 Å². The number of benzene rings is 1. The van der Waals surface area contributed by atoms with Gasteiger partial charge < -0.3 is 4.74 Å². The molecule has 140 valence electrons. The molecule has 0 aromatic heterocycles. The first kappa shape index (κ1) is 17.5. The van der Waals surface area contributed by atoms with Gasteiger partial charge in [0.2, 0.25) is 0 Å². The summed E-state index contributed by atoms with van der Waals surface area (Å²) in [5.41, 5.74) is 0.644. The third kappa shape index (κ3) is 3.22. The molecule has 0 atom stereocenters. The Morgan fingerprint density at radius 3 is 2.19 bits per heavy atom. The molecule has 1 aromatic carbocycles. The van der Waals surface area contributed by atoms with Crippen LogP contribution in [-0.4, -0.2) is 41.5 Å². The van der Waals surface area contributed by atoms with Crippen LogP contribution < -0.4 is 0 Å². The van der Waals surface area contributed by atoms with Crippen LogP contribution in [0.15, 0.2) is 24.3 Å². The molecular weight excluding hydrogens is 332 g/mol. The highest BCUT2D eigenvalue weighted by Gasteiger charge is 2.52. The summed E-state index contributed by atoms with van der Waals surface area (Å²) < 4.78 is 5.41. The van der Waals surface area contributed by atoms with E-state index in [0.717, 1.165) is 24.3 Å². The van der Waals surface area contributed by atoms with E-state index in [1.165, 1.54) is 62.8 Å². The van der Waals surface area contributed by atoms with Crippen LogP contribution in [0.1, 0.15) is 48.9 Å². The fourth-order valence-electron chi connectivity index (χ4n) is 5.85. The number of hydrogen-bond donors (Lipinski definition) is 0. The predicted molar refractivity (Wildman–Crippen MR) is 96.9 cm³/mol. The number of esters is 1. The molecule has 0 amide bonds. The highest BCUT2D eigenvalue weighted by molar-refractivity contribution is 5.89. The molecule has 4 bridgehead atoms. The molecule has 4 saturated carbocycles. The lowest BCUT2D eigenvalue weighted by atomic mass is 9.52. The van der Waals surface area contributed by atoms with Crippen molar-refractivity contribution in [1.82, 2.24) is 4.90 Å². The fourth-order valence-corrected chi connectivity index (χ4v) is 5.85. The van der Waals surface area contributed by atoms with Gasteiger partial charge in [-0.25, -0.2) is 4.79 Å². The number of ether oxygens (including phenoxy) is 1. The lowest BCUT2D eigenvalue weighted by molar-refractivity contribution is -0.384. The van der Waals surface area contributed by atoms with Crippen LogP contribution >= 0.6 is 0 Å². The van der Waals surface area contributed by atoms with Gasteiger partial charge in [0.05, 0.1) is 10.5 Å². The van der Waals surface area contributed by atoms with E-state index >= 15 is 0 Å². The SMILES string of the molecule is CN(CCOC(=O)c1ccc([N+](=O)[O-])cc1)C12CC3CC(CC(C3)C1)C2. The van der Waals surface area contributed by atoms with Crippen molar-refractivity contribution in [2.24, 2.45) is 17.8 Å². The van der Waals surface area contributed by atoms with Crippen LogP contribution in [0.2, 0.25) is 0 Å². The Morgan fingerprint density at radius 2 is 1.69 bits per heavy atom. The summed E-state index contributed by atoms with van der Waals surface area (Å²) in [7, 11) is 2.17. The molecule has 4 aliphatic rings. The molecular formula is C20H26N2O4. The molecule has 0 spiro atoms. The van der Waals surface area contributed by atoms with Crippen molar-refractivity contribution in [1.29, 1.82) is 0 Å². The minimum atomic E-state index is -0.477. The zero-order chi connectivity index (χ0) is 18.3. The third-order valence-electron chi connectivity index (χ3n) is 6.79. The summed E-state index contributed by atoms with van der Waals surface area (Å²) >= 11 is 0. The highest BCUT2D eigenvalue weighted by atomic mass is 16.6. The van der Waals surface area contributed by atoms with E-state index in [0.29, 0.717) is 17.7 Å². The van der Waals surface area contributed by atoms with Gasteiger partial charge in [-0.15, -0.1) is 0 Å². The number of nitro groups is 1. The maximum absolute atomic E-state index is 12.1. The zero-order valence-electron chi connectivity index (χ0n) is 15.2. The van der Waals surface area contributed by atoms with Gasteiger partial charge in [0, 0.05) is 24.2 Å². The molecule has 6 nitrogen and oxygen atoms in total. The van der Waals surface area contributed by atoms with E-state index in [1.54, 1.807) is 0 Å². The Bertz CT molecular complexity index is 665. The summed E-state index contributed by atoms with van der Waals surface area (Å²) in [5.74, 6) is 2.27. The van der Waals surface area contributed by atoms with Gasteiger partial charge in [-0.3, -0.25) is 15.0 Å². The van der Waals surface area contributed by atoms with Crippen molar-refractivity contribution in [2.45, 2.75) is 44.1 Å². The molecule has 5 rings (SSSR count). The van der Waals surface area contributed by atoms with Crippen LogP contribution in [0.5, 0.6) is 0 Å². The number of hydrogen-bond acceptors (Lipinski definition) is 5. The smallest absolute Gasteiger partial charge is 0.338 e. The molecule has 4 fully saturated rings. The molecule has 0 N–H and O–H groups in total. The van der Waals surface area contributed by atoms with Crippen molar-refractivity contribution in [3.63, 3.8) is 0 Å². The Morgan fingerprint density at radius 1 is 1.15 bits per heavy atom. The molecule has 1 aromatic rings. The van der Waals surface area contributed by atoms with Crippen LogP contribution in [0.25, 0.3) is 0 Å². The van der Waals surface area contributed by atoms with Crippen molar-refractivity contribution < 1.29 is 14.5 Å². The van der Waals surface area contributed by atoms with Crippen LogP contribution in [0.4, 0.5) is 5.69 Å². The van der Waals surface area contributed by atoms with Gasteiger partial charge in [0.15, 0.2) is 0 Å². The summed E-state index contributed by atoms with van der Waals surface area (Å²) in [5, 5.41) is 10.7. The quantitative estimate of drug-likeness (QED) is 0.441. The minimum absolute atomic E-state index is 0.0249. The highest BCUT2D eigenvalue weighted by Crippen LogP contribution is 2.57. The number of rotatable bonds is 6. The second-order valence-electron chi connectivity index (χ2n) is 8.50. The standard InChI is InChI=1S/C20H26N2O4/c1-21(20-11-14-8-15(12-20)10-16(9-14)13-20)6-7-26-19(23)17-2-4-18(5-3-17)22(24)25/h2-5,14-16H,6-13H2,1H3. The molecule has 6 heteroatoms. The number of nitrogens with zero attached hydrogens (tertiary/aromatic N) is 2. The number of likely N-dealkylation sites (N-methyl/N-ethyl adjacent to an activating group) is 1. The summed E-state index contributed by atoms with van der Waals surface area (Å²) in [6, 6.07) is 5.56. The van der Waals surface area contributed by atoms with Crippen molar-refractivity contribution >= 4 is 11.7 Å². The van der Waals surface area contributed by atoms with Crippen molar-refractivity contribution in [2.75, 3.05) is 20.2 Å². The minimum Gasteiger partial charge on any atom is -0.461 e. The second-order valence-corrected chi connectivity index (χ2v) is 8.50. The van der Waals surface area contributed by atoms with E-state index in [4.69, 9.17) is 4.74 Å². The molecule has 0 saturated heterocycles. The van der Waals surface area contributed by atoms with Gasteiger partial charge in [-0.05, 0) is 75.5 Å². The Labute approximate surface area is 153 Å². The predicted octanol–water partition coefficient (Wildman–Crippen LogP) is 3.65. The topological polar surface area (TPSA) is 72.7 Å². The first-order valence-corrected chi connectivity index (χ1v) is 9.58. The Kier molecular flexibility index (Phi) is 4.47. The summed E-state index contributed by atoms with van der Waals surface area (Å²) in [6.45, 7) is 1.10. The monoisotopic (exact) mass is 358 g/mol. The molecule has 0 unspecified atom stereocenters. The molecule has 0 heterocycles. The summed E-state index contributed by atoms with van der Waals surface area (Å²) in [4.78, 5) is 24.8. The molecule has 4 aliphatic carbocycles. The van der Waals surface area contributed by atoms with Crippen LogP contribution in [0, 0.1) is 27.9 Å². The van der Waals surface area contributed by atoms with Crippen LogP contribution in [0.3, 0.4) is 0 Å². The first-order chi connectivity index (χ1) is 12.4. The van der Waals surface area contributed by atoms with Gasteiger partial charge in [-0.2, -0.15) is 0 Å². The number of non-ortho nitro benzene ring substituents is 1. The molecule has 0 radical (unpaired) electrons. The number of carbonyl (C=O) groups is 1. The number of carbonyl (C=O) groups excluding carboxylic acids is 1. The zero-order valence-corrected chi connectivity index (χ0v) is 15.2. The van der Waals surface area contributed by atoms with Crippen molar-refractivity contribution in [3.05, 3.63) is 39.9 Å².